The topological polar surface area (TPSA) is 80.3 Å². The van der Waals surface area contributed by atoms with Gasteiger partial charge in [-0.1, -0.05) is 0 Å². The molecule has 0 spiro atoms. The van der Waals surface area contributed by atoms with Crippen molar-refractivity contribution < 1.29 is 18.0 Å². The Hall–Kier alpha value is -1.43. The van der Waals surface area contributed by atoms with Crippen molar-refractivity contribution in [2.75, 3.05) is 6.26 Å². The molecule has 2 rings (SSSR count). The Balaban J connectivity index is 2.29. The molecule has 0 atom stereocenters. The SMILES string of the molecule is CS(=O)(=O)c1ccc(/C=C2/[Se]C(=O)NC2=O)cc1. The summed E-state index contributed by atoms with van der Waals surface area (Å²) in [4.78, 5) is 22.3. The van der Waals surface area contributed by atoms with Gasteiger partial charge in [0.2, 0.25) is 0 Å². The van der Waals surface area contributed by atoms with Crippen molar-refractivity contribution in [3.05, 3.63) is 34.3 Å². The first-order valence-corrected chi connectivity index (χ1v) is 8.52. The second-order valence-electron chi connectivity index (χ2n) is 3.69. The first-order valence-electron chi connectivity index (χ1n) is 4.91. The van der Waals surface area contributed by atoms with Gasteiger partial charge in [-0.15, -0.1) is 0 Å². The number of imide groups is 1. The van der Waals surface area contributed by atoms with E-state index in [1.807, 2.05) is 0 Å². The van der Waals surface area contributed by atoms with Crippen LogP contribution < -0.4 is 5.32 Å². The fraction of sp³-hybridized carbons (Fsp3) is 0.0909. The van der Waals surface area contributed by atoms with Crippen LogP contribution in [-0.4, -0.2) is 40.3 Å². The molecular formula is C11H9NO4SSe. The predicted molar refractivity (Wildman–Crippen MR) is 66.8 cm³/mol. The van der Waals surface area contributed by atoms with Gasteiger partial charge in [0.05, 0.1) is 0 Å². The number of sulfone groups is 1. The van der Waals surface area contributed by atoms with Crippen LogP contribution in [0.1, 0.15) is 5.56 Å². The molecule has 0 aromatic heterocycles. The zero-order valence-corrected chi connectivity index (χ0v) is 11.9. The number of carbonyl (C=O) groups excluding carboxylic acids is 2. The standard InChI is InChI=1S/C11H9NO4SSe/c1-17(15,16)8-4-2-7(3-5-8)6-9-10(13)12-11(14)18-9/h2-6H,1H3,(H,12,13,14)/b9-6+. The Morgan fingerprint density at radius 3 is 2.22 bits per heavy atom. The summed E-state index contributed by atoms with van der Waals surface area (Å²) >= 11 is -0.507. The minimum absolute atomic E-state index is 0.224. The number of hydrogen-bond acceptors (Lipinski definition) is 4. The molecule has 1 aromatic carbocycles. The van der Waals surface area contributed by atoms with Gasteiger partial charge in [0.1, 0.15) is 0 Å². The number of nitrogens with one attached hydrogen (secondary N) is 1. The summed E-state index contributed by atoms with van der Waals surface area (Å²) in [7, 11) is -3.22. The average Bonchev–Trinajstić information content (AvgIpc) is 2.57. The zero-order valence-electron chi connectivity index (χ0n) is 9.34. The fourth-order valence-corrected chi connectivity index (χ4v) is 3.45. The molecular weight excluding hydrogens is 321 g/mol. The van der Waals surface area contributed by atoms with E-state index in [1.165, 1.54) is 12.1 Å². The van der Waals surface area contributed by atoms with Gasteiger partial charge in [-0.2, -0.15) is 0 Å². The minimum atomic E-state index is -3.22. The van der Waals surface area contributed by atoms with Crippen LogP contribution in [0.25, 0.3) is 6.08 Å². The van der Waals surface area contributed by atoms with Crippen LogP contribution in [0.3, 0.4) is 0 Å². The van der Waals surface area contributed by atoms with Gasteiger partial charge in [-0.25, -0.2) is 0 Å². The summed E-state index contributed by atoms with van der Waals surface area (Å²) in [6.07, 6.45) is 2.74. The molecule has 1 aromatic rings. The van der Waals surface area contributed by atoms with Crippen LogP contribution in [0.4, 0.5) is 4.79 Å². The molecule has 94 valence electrons. The first kappa shape index (κ1) is 13.0. The van der Waals surface area contributed by atoms with Gasteiger partial charge >= 0.3 is 110 Å². The number of benzene rings is 1. The third-order valence-corrected chi connectivity index (χ3v) is 5.08. The average molecular weight is 330 g/mol. The molecule has 1 heterocycles. The Morgan fingerprint density at radius 2 is 1.78 bits per heavy atom. The Kier molecular flexibility index (Phi) is 3.38. The van der Waals surface area contributed by atoms with E-state index in [0.29, 0.717) is 10.0 Å². The van der Waals surface area contributed by atoms with Gasteiger partial charge < -0.3 is 0 Å². The van der Waals surface area contributed by atoms with Gasteiger partial charge in [0, 0.05) is 0 Å². The van der Waals surface area contributed by atoms with E-state index in [2.05, 4.69) is 5.32 Å². The van der Waals surface area contributed by atoms with E-state index in [4.69, 9.17) is 0 Å². The maximum absolute atomic E-state index is 11.3. The Labute approximate surface area is 110 Å². The number of hydrogen-bond donors (Lipinski definition) is 1. The van der Waals surface area contributed by atoms with Crippen LogP contribution in [0.15, 0.2) is 33.6 Å². The summed E-state index contributed by atoms with van der Waals surface area (Å²) < 4.78 is 23.0. The molecule has 1 aliphatic heterocycles. The van der Waals surface area contributed by atoms with Crippen molar-refractivity contribution in [2.45, 2.75) is 4.90 Å². The van der Waals surface area contributed by atoms with Crippen molar-refractivity contribution >= 4 is 41.6 Å². The van der Waals surface area contributed by atoms with E-state index in [-0.39, 0.29) is 15.6 Å². The quantitative estimate of drug-likeness (QED) is 0.628. The molecule has 0 radical (unpaired) electrons. The Morgan fingerprint density at radius 1 is 1.17 bits per heavy atom. The number of carbonyl (C=O) groups is 2. The van der Waals surface area contributed by atoms with Gasteiger partial charge in [-0.05, 0) is 0 Å². The molecule has 1 N–H and O–H groups in total. The van der Waals surface area contributed by atoms with Crippen LogP contribution in [0.2, 0.25) is 0 Å². The summed E-state index contributed by atoms with van der Waals surface area (Å²) in [5.41, 5.74) is 0.698. The summed E-state index contributed by atoms with van der Waals surface area (Å²) in [5, 5.41) is 2.21. The van der Waals surface area contributed by atoms with E-state index in [1.54, 1.807) is 18.2 Å². The Bertz CT molecular complexity index is 646. The van der Waals surface area contributed by atoms with Crippen molar-refractivity contribution in [1.29, 1.82) is 0 Å². The zero-order chi connectivity index (χ0) is 13.3. The molecule has 18 heavy (non-hydrogen) atoms. The third kappa shape index (κ3) is 2.87. The van der Waals surface area contributed by atoms with E-state index in [0.717, 1.165) is 6.26 Å². The fourth-order valence-electron chi connectivity index (χ4n) is 1.38. The number of amides is 2. The molecule has 7 heteroatoms. The molecule has 0 unspecified atom stereocenters. The van der Waals surface area contributed by atoms with E-state index in [9.17, 15) is 18.0 Å². The van der Waals surface area contributed by atoms with Crippen molar-refractivity contribution in [3.8, 4) is 0 Å². The summed E-state index contributed by atoms with van der Waals surface area (Å²) in [5.74, 6) is -0.368. The monoisotopic (exact) mass is 331 g/mol. The van der Waals surface area contributed by atoms with E-state index >= 15 is 0 Å². The molecule has 1 fully saturated rings. The molecule has 0 bridgehead atoms. The molecule has 2 amide bonds. The van der Waals surface area contributed by atoms with Crippen LogP contribution in [0.5, 0.6) is 0 Å². The van der Waals surface area contributed by atoms with Gasteiger partial charge in [0.25, 0.3) is 0 Å². The van der Waals surface area contributed by atoms with E-state index < -0.39 is 24.8 Å². The molecule has 5 nitrogen and oxygen atoms in total. The molecule has 0 saturated carbocycles. The van der Waals surface area contributed by atoms with Crippen LogP contribution in [-0.2, 0) is 14.6 Å². The molecule has 1 aliphatic rings. The van der Waals surface area contributed by atoms with Crippen LogP contribution in [0, 0.1) is 0 Å². The van der Waals surface area contributed by atoms with Crippen molar-refractivity contribution in [1.82, 2.24) is 5.32 Å². The number of rotatable bonds is 2. The molecule has 1 saturated heterocycles. The molecule has 0 aliphatic carbocycles. The first-order chi connectivity index (χ1) is 8.36. The normalized spacial score (nSPS) is 18.2. The van der Waals surface area contributed by atoms with Crippen molar-refractivity contribution in [2.24, 2.45) is 0 Å². The predicted octanol–water partition coefficient (Wildman–Crippen LogP) is 0.385. The van der Waals surface area contributed by atoms with Crippen molar-refractivity contribution in [3.63, 3.8) is 0 Å². The summed E-state index contributed by atoms with van der Waals surface area (Å²) in [6.45, 7) is 0. The van der Waals surface area contributed by atoms with Gasteiger partial charge in [-0.3, -0.25) is 0 Å². The maximum atomic E-state index is 11.3. The second kappa shape index (κ2) is 4.68. The van der Waals surface area contributed by atoms with Crippen LogP contribution >= 0.6 is 0 Å². The third-order valence-electron chi connectivity index (χ3n) is 2.25. The van der Waals surface area contributed by atoms with Gasteiger partial charge in [0.15, 0.2) is 0 Å². The second-order valence-corrected chi connectivity index (χ2v) is 7.84. The summed E-state index contributed by atoms with van der Waals surface area (Å²) in [6, 6.07) is 6.16.